The molecule has 1 fully saturated rings. The van der Waals surface area contributed by atoms with E-state index in [0.29, 0.717) is 30.3 Å². The smallest absolute Gasteiger partial charge is 0.261 e. The number of sulfonamides is 1. The van der Waals surface area contributed by atoms with Crippen LogP contribution in [0.5, 0.6) is 0 Å². The van der Waals surface area contributed by atoms with E-state index in [-0.39, 0.29) is 10.8 Å². The lowest BCUT2D eigenvalue weighted by molar-refractivity contribution is 0.0693. The van der Waals surface area contributed by atoms with E-state index in [1.165, 1.54) is 22.7 Å². The molecule has 1 heterocycles. The molecule has 0 spiro atoms. The number of carbonyl (C=O) groups excluding carboxylic acids is 1. The van der Waals surface area contributed by atoms with E-state index >= 15 is 0 Å². The summed E-state index contributed by atoms with van der Waals surface area (Å²) in [6, 6.07) is 20.8. The number of hydrogen-bond acceptors (Lipinski definition) is 5. The molecule has 8 heteroatoms. The fourth-order valence-electron chi connectivity index (χ4n) is 4.22. The van der Waals surface area contributed by atoms with Gasteiger partial charge < -0.3 is 4.90 Å². The van der Waals surface area contributed by atoms with Crippen LogP contribution >= 0.6 is 23.5 Å². The van der Waals surface area contributed by atoms with Gasteiger partial charge in [-0.3, -0.25) is 9.52 Å². The Balaban J connectivity index is 1.51. The molecule has 1 N–H and O–H groups in total. The van der Waals surface area contributed by atoms with Crippen molar-refractivity contribution >= 4 is 45.1 Å². The molecule has 1 amide bonds. The number of thioether (sulfide) groups is 2. The number of nitrogens with one attached hydrogen (secondary N) is 1. The Morgan fingerprint density at radius 2 is 1.75 bits per heavy atom. The topological polar surface area (TPSA) is 66.5 Å². The quantitative estimate of drug-likeness (QED) is 0.323. The maximum atomic E-state index is 13.3. The van der Waals surface area contributed by atoms with Gasteiger partial charge in [-0.15, -0.1) is 23.5 Å². The van der Waals surface area contributed by atoms with Crippen molar-refractivity contribution in [3.8, 4) is 0 Å². The molecule has 0 atom stereocenters. The van der Waals surface area contributed by atoms with Crippen LogP contribution in [0.2, 0.25) is 0 Å². The van der Waals surface area contributed by atoms with Crippen LogP contribution < -0.4 is 4.72 Å². The van der Waals surface area contributed by atoms with Gasteiger partial charge in [-0.2, -0.15) is 0 Å². The summed E-state index contributed by atoms with van der Waals surface area (Å²) in [6.45, 7) is 5.51. The Labute approximate surface area is 223 Å². The predicted octanol–water partition coefficient (Wildman–Crippen LogP) is 6.68. The van der Waals surface area contributed by atoms with Crippen molar-refractivity contribution in [2.24, 2.45) is 5.92 Å². The number of nitrogens with zero attached hydrogens (tertiary/aromatic N) is 1. The highest BCUT2D eigenvalue weighted by molar-refractivity contribution is 7.98. The summed E-state index contributed by atoms with van der Waals surface area (Å²) in [5, 5.41) is 0. The van der Waals surface area contributed by atoms with E-state index in [9.17, 15) is 13.2 Å². The van der Waals surface area contributed by atoms with Gasteiger partial charge in [0.2, 0.25) is 0 Å². The molecule has 0 radical (unpaired) electrons. The second-order valence-electron chi connectivity index (χ2n) is 9.19. The lowest BCUT2D eigenvalue weighted by Gasteiger charge is -2.30. The lowest BCUT2D eigenvalue weighted by Crippen LogP contribution is -2.38. The molecule has 4 rings (SSSR count). The molecule has 36 heavy (non-hydrogen) atoms. The molecule has 0 aliphatic carbocycles. The molecule has 1 aliphatic rings. The van der Waals surface area contributed by atoms with E-state index in [2.05, 4.69) is 23.8 Å². The van der Waals surface area contributed by atoms with Gasteiger partial charge in [0.05, 0.1) is 16.1 Å². The lowest BCUT2D eigenvalue weighted by atomic mass is 9.98. The van der Waals surface area contributed by atoms with Crippen molar-refractivity contribution < 1.29 is 13.2 Å². The van der Waals surface area contributed by atoms with Gasteiger partial charge in [-0.25, -0.2) is 8.42 Å². The molecule has 0 unspecified atom stereocenters. The molecule has 5 nitrogen and oxygen atoms in total. The van der Waals surface area contributed by atoms with Crippen LogP contribution in [-0.2, 0) is 15.8 Å². The molecular weight excluding hydrogens is 509 g/mol. The number of likely N-dealkylation sites (tertiary alicyclic amines) is 1. The number of hydrogen-bond donors (Lipinski definition) is 1. The van der Waals surface area contributed by atoms with Crippen molar-refractivity contribution in [2.75, 3.05) is 24.1 Å². The minimum absolute atomic E-state index is 0.0946. The predicted molar refractivity (Wildman–Crippen MR) is 151 cm³/mol. The van der Waals surface area contributed by atoms with Crippen LogP contribution in [0.15, 0.2) is 81.4 Å². The molecule has 190 valence electrons. The van der Waals surface area contributed by atoms with Crippen LogP contribution in [0.3, 0.4) is 0 Å². The molecule has 1 saturated heterocycles. The summed E-state index contributed by atoms with van der Waals surface area (Å²) in [7, 11) is -3.86. The first-order chi connectivity index (χ1) is 17.3. The second kappa shape index (κ2) is 11.8. The van der Waals surface area contributed by atoms with Crippen LogP contribution in [0, 0.1) is 12.8 Å². The van der Waals surface area contributed by atoms with Crippen molar-refractivity contribution in [1.29, 1.82) is 0 Å². The normalized spacial score (nSPS) is 14.6. The average Bonchev–Trinajstić information content (AvgIpc) is 2.89. The van der Waals surface area contributed by atoms with Gasteiger partial charge >= 0.3 is 0 Å². The fraction of sp³-hybridized carbons (Fsp3) is 0.321. The number of benzene rings is 3. The van der Waals surface area contributed by atoms with Gasteiger partial charge in [0, 0.05) is 28.6 Å². The van der Waals surface area contributed by atoms with Gasteiger partial charge in [-0.05, 0) is 79.5 Å². The first-order valence-corrected chi connectivity index (χ1v) is 15.7. The zero-order chi connectivity index (χ0) is 25.7. The Bertz CT molecular complexity index is 1320. The Kier molecular flexibility index (Phi) is 8.70. The van der Waals surface area contributed by atoms with Crippen LogP contribution in [0.25, 0.3) is 0 Å². The van der Waals surface area contributed by atoms with Crippen molar-refractivity contribution in [1.82, 2.24) is 4.90 Å². The highest BCUT2D eigenvalue weighted by Gasteiger charge is 2.25. The molecule has 3 aromatic rings. The van der Waals surface area contributed by atoms with E-state index < -0.39 is 10.0 Å². The maximum absolute atomic E-state index is 13.3. The summed E-state index contributed by atoms with van der Waals surface area (Å²) in [5.74, 6) is 1.31. The highest BCUT2D eigenvalue weighted by atomic mass is 32.2. The van der Waals surface area contributed by atoms with E-state index in [0.717, 1.165) is 34.6 Å². The summed E-state index contributed by atoms with van der Waals surface area (Å²) in [5.41, 5.74) is 2.96. The SMILES string of the molecule is CSc1ccc(S(=O)(=O)Nc2ccc(CSc3ccccc3)cc2C)cc1C(=O)N1CCC(C)CC1. The van der Waals surface area contributed by atoms with E-state index in [4.69, 9.17) is 0 Å². The number of piperidine rings is 1. The van der Waals surface area contributed by atoms with Gasteiger partial charge in [-0.1, -0.05) is 37.3 Å². The summed E-state index contributed by atoms with van der Waals surface area (Å²) in [4.78, 5) is 17.2. The third-order valence-corrected chi connectivity index (χ3v) is 9.71. The van der Waals surface area contributed by atoms with Crippen LogP contribution in [-0.4, -0.2) is 38.6 Å². The third-order valence-electron chi connectivity index (χ3n) is 6.47. The van der Waals surface area contributed by atoms with Crippen molar-refractivity contribution in [3.05, 3.63) is 83.4 Å². The zero-order valence-electron chi connectivity index (χ0n) is 20.9. The zero-order valence-corrected chi connectivity index (χ0v) is 23.3. The summed E-state index contributed by atoms with van der Waals surface area (Å²) >= 11 is 3.19. The largest absolute Gasteiger partial charge is 0.339 e. The number of carbonyl (C=O) groups is 1. The monoisotopic (exact) mass is 540 g/mol. The average molecular weight is 541 g/mol. The fourth-order valence-corrected chi connectivity index (χ4v) is 6.81. The van der Waals surface area contributed by atoms with Crippen molar-refractivity contribution in [3.63, 3.8) is 0 Å². The van der Waals surface area contributed by atoms with Gasteiger partial charge in [0.15, 0.2) is 0 Å². The van der Waals surface area contributed by atoms with E-state index in [1.807, 2.05) is 54.5 Å². The number of aryl methyl sites for hydroxylation is 1. The number of anilines is 1. The number of rotatable bonds is 8. The highest BCUT2D eigenvalue weighted by Crippen LogP contribution is 2.29. The van der Waals surface area contributed by atoms with Crippen LogP contribution in [0.4, 0.5) is 5.69 Å². The van der Waals surface area contributed by atoms with Crippen molar-refractivity contribution in [2.45, 2.75) is 47.1 Å². The summed E-state index contributed by atoms with van der Waals surface area (Å²) in [6.07, 6.45) is 3.84. The third kappa shape index (κ3) is 6.47. The minimum Gasteiger partial charge on any atom is -0.339 e. The van der Waals surface area contributed by atoms with E-state index in [1.54, 1.807) is 23.9 Å². The molecule has 0 aromatic heterocycles. The second-order valence-corrected chi connectivity index (χ2v) is 12.8. The van der Waals surface area contributed by atoms with Gasteiger partial charge in [0.1, 0.15) is 0 Å². The Morgan fingerprint density at radius 3 is 2.42 bits per heavy atom. The molecule has 0 saturated carbocycles. The molecular formula is C28H32N2O3S3. The van der Waals surface area contributed by atoms with Gasteiger partial charge in [0.25, 0.3) is 15.9 Å². The first-order valence-electron chi connectivity index (χ1n) is 12.0. The first kappa shape index (κ1) is 26.6. The Hall–Kier alpha value is -2.42. The summed E-state index contributed by atoms with van der Waals surface area (Å²) < 4.78 is 29.3. The number of amides is 1. The maximum Gasteiger partial charge on any atom is 0.261 e. The molecule has 1 aliphatic heterocycles. The molecule has 0 bridgehead atoms. The standard InChI is InChI=1S/C28H32N2O3S3/c1-20-13-15-30(16-14-20)28(31)25-18-24(10-12-27(25)34-3)36(32,33)29-26-11-9-22(17-21(26)2)19-35-23-7-5-4-6-8-23/h4-12,17-18,20,29H,13-16,19H2,1-3H3. The Morgan fingerprint density at radius 1 is 1.03 bits per heavy atom. The van der Waals surface area contributed by atoms with Crippen LogP contribution in [0.1, 0.15) is 41.3 Å². The molecule has 3 aromatic carbocycles. The minimum atomic E-state index is -3.86.